The number of hydrogen-bond acceptors (Lipinski definition) is 4. The van der Waals surface area contributed by atoms with Gasteiger partial charge in [-0.1, -0.05) is 6.07 Å². The molecule has 1 aromatic heterocycles. The van der Waals surface area contributed by atoms with Gasteiger partial charge in [0.05, 0.1) is 13.3 Å². The summed E-state index contributed by atoms with van der Waals surface area (Å²) >= 11 is 0. The molecule has 1 aliphatic rings. The molecule has 2 aromatic rings. The fraction of sp³-hybridized carbons (Fsp3) is 0.312. The van der Waals surface area contributed by atoms with Gasteiger partial charge < -0.3 is 14.8 Å². The molecule has 20 heavy (non-hydrogen) atoms. The van der Waals surface area contributed by atoms with Crippen LogP contribution in [0.5, 0.6) is 17.2 Å². The Morgan fingerprint density at radius 3 is 2.80 bits per heavy atom. The number of ether oxygens (including phenoxy) is 2. The Hall–Kier alpha value is -2.07. The van der Waals surface area contributed by atoms with Crippen LogP contribution in [0.25, 0.3) is 0 Å². The number of nitrogens with one attached hydrogen (secondary N) is 1. The van der Waals surface area contributed by atoms with Crippen molar-refractivity contribution in [2.75, 3.05) is 7.11 Å². The molecule has 1 aromatic carbocycles. The van der Waals surface area contributed by atoms with Crippen molar-refractivity contribution >= 4 is 0 Å². The molecule has 3 rings (SSSR count). The van der Waals surface area contributed by atoms with Crippen LogP contribution >= 0.6 is 0 Å². The van der Waals surface area contributed by atoms with E-state index in [1.54, 1.807) is 13.3 Å². The van der Waals surface area contributed by atoms with E-state index in [1.807, 2.05) is 36.5 Å². The molecule has 1 N–H and O–H groups in total. The van der Waals surface area contributed by atoms with Crippen molar-refractivity contribution in [2.45, 2.75) is 25.4 Å². The van der Waals surface area contributed by atoms with E-state index in [1.165, 1.54) is 12.8 Å². The number of nitrogens with zero attached hydrogens (tertiary/aromatic N) is 1. The van der Waals surface area contributed by atoms with Gasteiger partial charge >= 0.3 is 0 Å². The molecule has 0 radical (unpaired) electrons. The van der Waals surface area contributed by atoms with Crippen LogP contribution in [0.1, 0.15) is 18.4 Å². The first-order valence-electron chi connectivity index (χ1n) is 6.83. The van der Waals surface area contributed by atoms with Gasteiger partial charge in [-0.25, -0.2) is 0 Å². The molecule has 0 bridgehead atoms. The zero-order valence-corrected chi connectivity index (χ0v) is 11.5. The van der Waals surface area contributed by atoms with Gasteiger partial charge in [0.1, 0.15) is 17.2 Å². The van der Waals surface area contributed by atoms with Crippen molar-refractivity contribution in [1.29, 1.82) is 0 Å². The van der Waals surface area contributed by atoms with Crippen molar-refractivity contribution in [3.63, 3.8) is 0 Å². The number of aromatic nitrogens is 1. The maximum Gasteiger partial charge on any atom is 0.146 e. The summed E-state index contributed by atoms with van der Waals surface area (Å²) in [5.74, 6) is 2.27. The molecular weight excluding hydrogens is 252 g/mol. The highest BCUT2D eigenvalue weighted by Crippen LogP contribution is 2.25. The standard InChI is InChI=1S/C16H18N2O2/c1-19-14-3-2-4-15(8-14)20-16-7-12(9-17-11-16)10-18-13-5-6-13/h2-4,7-9,11,13,18H,5-6,10H2,1H3. The molecule has 0 aliphatic heterocycles. The third-order valence-electron chi connectivity index (χ3n) is 3.22. The molecule has 4 heteroatoms. The van der Waals surface area contributed by atoms with Crippen LogP contribution in [-0.2, 0) is 6.54 Å². The molecule has 0 spiro atoms. The van der Waals surface area contributed by atoms with Crippen LogP contribution < -0.4 is 14.8 Å². The summed E-state index contributed by atoms with van der Waals surface area (Å²) in [7, 11) is 1.64. The summed E-state index contributed by atoms with van der Waals surface area (Å²) in [4.78, 5) is 4.23. The lowest BCUT2D eigenvalue weighted by Crippen LogP contribution is -2.15. The lowest BCUT2D eigenvalue weighted by molar-refractivity contribution is 0.409. The van der Waals surface area contributed by atoms with Crippen LogP contribution in [-0.4, -0.2) is 18.1 Å². The summed E-state index contributed by atoms with van der Waals surface area (Å²) in [6.07, 6.45) is 6.16. The summed E-state index contributed by atoms with van der Waals surface area (Å²) < 4.78 is 11.0. The highest BCUT2D eigenvalue weighted by Gasteiger charge is 2.19. The van der Waals surface area contributed by atoms with E-state index in [2.05, 4.69) is 10.3 Å². The minimum absolute atomic E-state index is 0.693. The van der Waals surface area contributed by atoms with E-state index in [0.717, 1.165) is 29.4 Å². The molecule has 0 saturated heterocycles. The Morgan fingerprint density at radius 2 is 2.00 bits per heavy atom. The quantitative estimate of drug-likeness (QED) is 0.875. The Morgan fingerprint density at radius 1 is 1.15 bits per heavy atom. The van der Waals surface area contributed by atoms with Gasteiger partial charge in [0.2, 0.25) is 0 Å². The maximum atomic E-state index is 5.81. The average molecular weight is 270 g/mol. The van der Waals surface area contributed by atoms with Gasteiger partial charge in [-0.3, -0.25) is 4.98 Å². The molecule has 1 saturated carbocycles. The smallest absolute Gasteiger partial charge is 0.146 e. The summed E-state index contributed by atoms with van der Waals surface area (Å²) in [5, 5.41) is 3.47. The molecule has 1 aliphatic carbocycles. The van der Waals surface area contributed by atoms with E-state index in [-0.39, 0.29) is 0 Å². The van der Waals surface area contributed by atoms with Gasteiger partial charge in [0.25, 0.3) is 0 Å². The molecule has 104 valence electrons. The predicted octanol–water partition coefficient (Wildman–Crippen LogP) is 3.13. The third kappa shape index (κ3) is 3.48. The second-order valence-corrected chi connectivity index (χ2v) is 4.97. The first-order valence-corrected chi connectivity index (χ1v) is 6.83. The maximum absolute atomic E-state index is 5.81. The van der Waals surface area contributed by atoms with Gasteiger partial charge in [-0.05, 0) is 36.6 Å². The van der Waals surface area contributed by atoms with Crippen molar-refractivity contribution < 1.29 is 9.47 Å². The fourth-order valence-electron chi connectivity index (χ4n) is 1.97. The summed E-state index contributed by atoms with van der Waals surface area (Å²) in [5.41, 5.74) is 1.14. The Bertz CT molecular complexity index is 582. The number of methoxy groups -OCH3 is 1. The molecular formula is C16H18N2O2. The van der Waals surface area contributed by atoms with Crippen molar-refractivity contribution in [1.82, 2.24) is 10.3 Å². The lowest BCUT2D eigenvalue weighted by Gasteiger charge is -2.08. The molecule has 0 amide bonds. The van der Waals surface area contributed by atoms with Crippen LogP contribution in [0.15, 0.2) is 42.7 Å². The molecule has 0 atom stereocenters. The summed E-state index contributed by atoms with van der Waals surface area (Å²) in [6, 6.07) is 10.3. The van der Waals surface area contributed by atoms with Crippen LogP contribution in [0.3, 0.4) is 0 Å². The topological polar surface area (TPSA) is 43.4 Å². The average Bonchev–Trinajstić information content (AvgIpc) is 3.30. The first kappa shape index (κ1) is 12.9. The number of benzene rings is 1. The number of rotatable bonds is 6. The van der Waals surface area contributed by atoms with Crippen LogP contribution in [0.4, 0.5) is 0 Å². The minimum atomic E-state index is 0.693. The predicted molar refractivity (Wildman–Crippen MR) is 77.2 cm³/mol. The van der Waals surface area contributed by atoms with Crippen molar-refractivity contribution in [2.24, 2.45) is 0 Å². The van der Waals surface area contributed by atoms with Gasteiger partial charge in [-0.15, -0.1) is 0 Å². The first-order chi connectivity index (χ1) is 9.83. The minimum Gasteiger partial charge on any atom is -0.497 e. The normalized spacial score (nSPS) is 14.1. The van der Waals surface area contributed by atoms with Gasteiger partial charge in [0, 0.05) is 24.8 Å². The van der Waals surface area contributed by atoms with Crippen LogP contribution in [0, 0.1) is 0 Å². The zero-order valence-electron chi connectivity index (χ0n) is 11.5. The SMILES string of the molecule is COc1cccc(Oc2cncc(CNC3CC3)c2)c1. The molecule has 1 heterocycles. The van der Waals surface area contributed by atoms with E-state index >= 15 is 0 Å². The van der Waals surface area contributed by atoms with Crippen LogP contribution in [0.2, 0.25) is 0 Å². The van der Waals surface area contributed by atoms with Crippen molar-refractivity contribution in [3.05, 3.63) is 48.3 Å². The second kappa shape index (κ2) is 5.92. The lowest BCUT2D eigenvalue weighted by atomic mass is 10.2. The van der Waals surface area contributed by atoms with Gasteiger partial charge in [0.15, 0.2) is 0 Å². The van der Waals surface area contributed by atoms with E-state index in [0.29, 0.717) is 6.04 Å². The second-order valence-electron chi connectivity index (χ2n) is 4.97. The highest BCUT2D eigenvalue weighted by atomic mass is 16.5. The number of hydrogen-bond donors (Lipinski definition) is 1. The zero-order chi connectivity index (χ0) is 13.8. The highest BCUT2D eigenvalue weighted by molar-refractivity contribution is 5.36. The molecule has 4 nitrogen and oxygen atoms in total. The Labute approximate surface area is 118 Å². The molecule has 1 fully saturated rings. The van der Waals surface area contributed by atoms with E-state index in [9.17, 15) is 0 Å². The number of pyridine rings is 1. The largest absolute Gasteiger partial charge is 0.497 e. The van der Waals surface area contributed by atoms with Crippen molar-refractivity contribution in [3.8, 4) is 17.2 Å². The monoisotopic (exact) mass is 270 g/mol. The van der Waals surface area contributed by atoms with Gasteiger partial charge in [-0.2, -0.15) is 0 Å². The van der Waals surface area contributed by atoms with E-state index < -0.39 is 0 Å². The third-order valence-corrected chi connectivity index (χ3v) is 3.22. The van der Waals surface area contributed by atoms with E-state index in [4.69, 9.17) is 9.47 Å². The fourth-order valence-corrected chi connectivity index (χ4v) is 1.97. The Balaban J connectivity index is 1.67. The molecule has 0 unspecified atom stereocenters. The summed E-state index contributed by atoms with van der Waals surface area (Å²) in [6.45, 7) is 0.840. The Kier molecular flexibility index (Phi) is 3.83.